The van der Waals surface area contributed by atoms with Crippen LogP contribution in [-0.2, 0) is 10.2 Å². The summed E-state index contributed by atoms with van der Waals surface area (Å²) < 4.78 is 5.07. The van der Waals surface area contributed by atoms with Crippen LogP contribution in [0.5, 0.6) is 0 Å². The summed E-state index contributed by atoms with van der Waals surface area (Å²) in [6.45, 7) is 12.0. The predicted molar refractivity (Wildman–Crippen MR) is 94.7 cm³/mol. The van der Waals surface area contributed by atoms with E-state index in [1.54, 1.807) is 7.11 Å². The van der Waals surface area contributed by atoms with Crippen molar-refractivity contribution in [1.29, 1.82) is 0 Å². The van der Waals surface area contributed by atoms with Gasteiger partial charge in [0.05, 0.1) is 6.54 Å². The van der Waals surface area contributed by atoms with E-state index in [-0.39, 0.29) is 5.41 Å². The van der Waals surface area contributed by atoms with Gasteiger partial charge < -0.3 is 15.4 Å². The lowest BCUT2D eigenvalue weighted by atomic mass is 9.82. The fourth-order valence-electron chi connectivity index (χ4n) is 2.46. The van der Waals surface area contributed by atoms with Crippen LogP contribution < -0.4 is 10.6 Å². The Hall–Kier alpha value is -1.55. The zero-order valence-corrected chi connectivity index (χ0v) is 14.7. The predicted octanol–water partition coefficient (Wildman–Crippen LogP) is 2.86. The highest BCUT2D eigenvalue weighted by Gasteiger charge is 2.22. The summed E-state index contributed by atoms with van der Waals surface area (Å²) in [5.74, 6) is 0.875. The fraction of sp³-hybridized carbons (Fsp3) is 0.611. The number of methoxy groups -OCH3 is 1. The van der Waals surface area contributed by atoms with Gasteiger partial charge in [0, 0.05) is 32.2 Å². The summed E-state index contributed by atoms with van der Waals surface area (Å²) in [6, 6.07) is 8.54. The molecule has 0 unspecified atom stereocenters. The van der Waals surface area contributed by atoms with Crippen LogP contribution in [0, 0.1) is 6.92 Å². The van der Waals surface area contributed by atoms with Gasteiger partial charge in [0.1, 0.15) is 0 Å². The quantitative estimate of drug-likeness (QED) is 0.441. The Balaban J connectivity index is 2.69. The molecule has 22 heavy (non-hydrogen) atoms. The first-order valence-electron chi connectivity index (χ1n) is 8.08. The summed E-state index contributed by atoms with van der Waals surface area (Å²) in [6.07, 6.45) is 0.974. The van der Waals surface area contributed by atoms with Crippen LogP contribution in [0.15, 0.2) is 29.3 Å². The van der Waals surface area contributed by atoms with Gasteiger partial charge in [0.2, 0.25) is 0 Å². The molecular formula is C18H31N3O. The van der Waals surface area contributed by atoms with Crippen molar-refractivity contribution in [1.82, 2.24) is 10.6 Å². The molecule has 0 aliphatic rings. The highest BCUT2D eigenvalue weighted by Crippen LogP contribution is 2.26. The second-order valence-electron chi connectivity index (χ2n) is 6.17. The van der Waals surface area contributed by atoms with Crippen LogP contribution in [0.2, 0.25) is 0 Å². The highest BCUT2D eigenvalue weighted by atomic mass is 16.5. The summed E-state index contributed by atoms with van der Waals surface area (Å²) >= 11 is 0. The Bertz CT molecular complexity index is 469. The number of ether oxygens (including phenoxy) is 1. The number of guanidine groups is 1. The van der Waals surface area contributed by atoms with Crippen molar-refractivity contribution in [2.75, 3.05) is 33.4 Å². The van der Waals surface area contributed by atoms with Gasteiger partial charge in [0.15, 0.2) is 5.96 Å². The van der Waals surface area contributed by atoms with Crippen LogP contribution in [0.25, 0.3) is 0 Å². The number of aliphatic imine (C=N–C) groups is 1. The van der Waals surface area contributed by atoms with Crippen molar-refractivity contribution < 1.29 is 4.74 Å². The first kappa shape index (κ1) is 18.5. The molecule has 0 fully saturated rings. The fourth-order valence-corrected chi connectivity index (χ4v) is 2.46. The molecule has 0 bridgehead atoms. The maximum absolute atomic E-state index is 5.07. The van der Waals surface area contributed by atoms with Gasteiger partial charge in [0.25, 0.3) is 0 Å². The Morgan fingerprint density at radius 3 is 2.59 bits per heavy atom. The molecule has 0 aromatic heterocycles. The molecule has 0 aliphatic carbocycles. The van der Waals surface area contributed by atoms with Gasteiger partial charge in [-0.25, -0.2) is 0 Å². The van der Waals surface area contributed by atoms with Crippen molar-refractivity contribution in [3.05, 3.63) is 35.4 Å². The average molecular weight is 305 g/mol. The van der Waals surface area contributed by atoms with E-state index < -0.39 is 0 Å². The molecule has 124 valence electrons. The molecule has 0 spiro atoms. The summed E-state index contributed by atoms with van der Waals surface area (Å²) in [7, 11) is 1.73. The molecule has 0 amide bonds. The number of nitrogens with zero attached hydrogens (tertiary/aromatic N) is 1. The van der Waals surface area contributed by atoms with E-state index in [9.17, 15) is 0 Å². The van der Waals surface area contributed by atoms with Gasteiger partial charge in [-0.3, -0.25) is 4.99 Å². The molecule has 1 rings (SSSR count). The van der Waals surface area contributed by atoms with Gasteiger partial charge >= 0.3 is 0 Å². The molecule has 0 heterocycles. The van der Waals surface area contributed by atoms with Crippen molar-refractivity contribution >= 4 is 5.96 Å². The Kier molecular flexibility index (Phi) is 7.96. The third kappa shape index (κ3) is 6.06. The van der Waals surface area contributed by atoms with E-state index in [1.807, 2.05) is 0 Å². The molecule has 0 saturated carbocycles. The summed E-state index contributed by atoms with van der Waals surface area (Å²) in [5, 5.41) is 6.65. The van der Waals surface area contributed by atoms with Crippen LogP contribution in [-0.4, -0.2) is 39.3 Å². The number of hydrogen-bond acceptors (Lipinski definition) is 2. The third-order valence-electron chi connectivity index (χ3n) is 3.67. The van der Waals surface area contributed by atoms with Gasteiger partial charge in [-0.2, -0.15) is 0 Å². The number of nitrogens with one attached hydrogen (secondary N) is 2. The van der Waals surface area contributed by atoms with Crippen LogP contribution in [0.4, 0.5) is 0 Å². The molecular weight excluding hydrogens is 274 g/mol. The van der Waals surface area contributed by atoms with E-state index in [0.29, 0.717) is 0 Å². The van der Waals surface area contributed by atoms with E-state index in [1.165, 1.54) is 11.1 Å². The van der Waals surface area contributed by atoms with Gasteiger partial charge in [-0.05, 0) is 31.4 Å². The first-order chi connectivity index (χ1) is 10.5. The lowest BCUT2D eigenvalue weighted by Crippen LogP contribution is -2.39. The molecule has 2 N–H and O–H groups in total. The molecule has 0 aliphatic heterocycles. The molecule has 0 radical (unpaired) electrons. The standard InChI is InChI=1S/C18H31N3O/c1-6-19-17(20-12-9-13-22-5)21-14-18(3,4)16-11-8-7-10-15(16)2/h7-8,10-11H,6,9,12-14H2,1-5H3,(H2,19,20,21). The SMILES string of the molecule is CCNC(=NCC(C)(C)c1ccccc1C)NCCCOC. The lowest BCUT2D eigenvalue weighted by molar-refractivity contribution is 0.195. The lowest BCUT2D eigenvalue weighted by Gasteiger charge is -2.25. The van der Waals surface area contributed by atoms with Crippen LogP contribution >= 0.6 is 0 Å². The minimum Gasteiger partial charge on any atom is -0.385 e. The maximum Gasteiger partial charge on any atom is 0.191 e. The normalized spacial score (nSPS) is 12.3. The van der Waals surface area contributed by atoms with Gasteiger partial charge in [-0.1, -0.05) is 38.1 Å². The molecule has 4 nitrogen and oxygen atoms in total. The Morgan fingerprint density at radius 2 is 1.95 bits per heavy atom. The van der Waals surface area contributed by atoms with E-state index in [4.69, 9.17) is 9.73 Å². The molecule has 4 heteroatoms. The summed E-state index contributed by atoms with van der Waals surface area (Å²) in [5.41, 5.74) is 2.69. The zero-order chi connectivity index (χ0) is 16.4. The topological polar surface area (TPSA) is 45.7 Å². The van der Waals surface area contributed by atoms with Gasteiger partial charge in [-0.15, -0.1) is 0 Å². The van der Waals surface area contributed by atoms with Crippen LogP contribution in [0.3, 0.4) is 0 Å². The zero-order valence-electron chi connectivity index (χ0n) is 14.7. The number of aryl methyl sites for hydroxylation is 1. The number of hydrogen-bond donors (Lipinski definition) is 2. The second-order valence-corrected chi connectivity index (χ2v) is 6.17. The Labute approximate surface area is 135 Å². The molecule has 0 saturated heterocycles. The Morgan fingerprint density at radius 1 is 1.23 bits per heavy atom. The van der Waals surface area contributed by atoms with Crippen molar-refractivity contribution in [2.24, 2.45) is 4.99 Å². The third-order valence-corrected chi connectivity index (χ3v) is 3.67. The second kappa shape index (κ2) is 9.46. The van der Waals surface area contributed by atoms with Crippen LogP contribution in [0.1, 0.15) is 38.3 Å². The average Bonchev–Trinajstić information content (AvgIpc) is 2.49. The largest absolute Gasteiger partial charge is 0.385 e. The highest BCUT2D eigenvalue weighted by molar-refractivity contribution is 5.79. The number of rotatable bonds is 8. The minimum atomic E-state index is 0.0141. The van der Waals surface area contributed by atoms with E-state index >= 15 is 0 Å². The minimum absolute atomic E-state index is 0.0141. The maximum atomic E-state index is 5.07. The van der Waals surface area contributed by atoms with E-state index in [2.05, 4.69) is 62.6 Å². The van der Waals surface area contributed by atoms with E-state index in [0.717, 1.165) is 38.6 Å². The number of benzene rings is 1. The first-order valence-corrected chi connectivity index (χ1v) is 8.08. The molecule has 1 aromatic rings. The monoisotopic (exact) mass is 305 g/mol. The molecule has 1 aromatic carbocycles. The van der Waals surface area contributed by atoms with Crippen molar-refractivity contribution in [2.45, 2.75) is 39.5 Å². The smallest absolute Gasteiger partial charge is 0.191 e. The molecule has 0 atom stereocenters. The van der Waals surface area contributed by atoms with Crippen molar-refractivity contribution in [3.8, 4) is 0 Å². The van der Waals surface area contributed by atoms with Crippen molar-refractivity contribution in [3.63, 3.8) is 0 Å². The summed E-state index contributed by atoms with van der Waals surface area (Å²) in [4.78, 5) is 4.75.